The van der Waals surface area contributed by atoms with Gasteiger partial charge in [-0.3, -0.25) is 9.59 Å². The van der Waals surface area contributed by atoms with Crippen molar-refractivity contribution in [2.45, 2.75) is 52.6 Å². The van der Waals surface area contributed by atoms with E-state index in [1.165, 1.54) is 26.4 Å². The van der Waals surface area contributed by atoms with Gasteiger partial charge in [0, 0.05) is 22.9 Å². The Balaban J connectivity index is 2.25. The van der Waals surface area contributed by atoms with Gasteiger partial charge in [-0.15, -0.1) is 0 Å². The molecule has 4 atom stereocenters. The molecule has 0 unspecified atom stereocenters. The Morgan fingerprint density at radius 3 is 2.56 bits per heavy atom. The van der Waals surface area contributed by atoms with Crippen LogP contribution < -0.4 is 10.1 Å². The number of ketones is 1. The molecule has 0 amide bonds. The van der Waals surface area contributed by atoms with E-state index in [-0.39, 0.29) is 39.7 Å². The number of Topliss-reactive ketones (excluding diaryl/α,β-unsaturated/α-hetero) is 1. The zero-order valence-electron chi connectivity index (χ0n) is 20.2. The number of phenolic OH excluding ortho intramolecular Hbond substituents is 1. The van der Waals surface area contributed by atoms with E-state index >= 15 is 0 Å². The van der Waals surface area contributed by atoms with Crippen molar-refractivity contribution in [3.8, 4) is 11.5 Å². The topological polar surface area (TPSA) is 111 Å². The molecule has 0 fully saturated rings. The molecule has 1 heterocycles. The van der Waals surface area contributed by atoms with Crippen molar-refractivity contribution in [2.24, 2.45) is 11.8 Å². The normalized spacial score (nSPS) is 23.1. The number of phenols is 1. The molecule has 1 aliphatic heterocycles. The van der Waals surface area contributed by atoms with Crippen LogP contribution in [-0.2, 0) is 23.9 Å². The number of ether oxygens (including phenoxy) is 3. The number of rotatable bonds is 6. The molecule has 0 spiro atoms. The van der Waals surface area contributed by atoms with Crippen LogP contribution in [0.15, 0.2) is 34.7 Å². The molecule has 3 rings (SSSR count). The Hall–Kier alpha value is -3.00. The molecular weight excluding hydrogens is 462 g/mol. The summed E-state index contributed by atoms with van der Waals surface area (Å²) in [7, 11) is 2.62. The number of allylic oxidation sites excluding steroid dienone is 3. The molecule has 34 heavy (non-hydrogen) atoms. The van der Waals surface area contributed by atoms with Crippen LogP contribution in [0.1, 0.15) is 52.0 Å². The minimum atomic E-state index is -1.01. The van der Waals surface area contributed by atoms with Gasteiger partial charge in [0.25, 0.3) is 0 Å². The Labute approximate surface area is 203 Å². The lowest BCUT2D eigenvalue weighted by atomic mass is 9.69. The molecule has 0 bridgehead atoms. The maximum atomic E-state index is 13.7. The number of aromatic hydroxyl groups is 1. The number of carbonyl (C=O) groups excluding carboxylic acids is 3. The highest BCUT2D eigenvalue weighted by Crippen LogP contribution is 2.48. The van der Waals surface area contributed by atoms with Gasteiger partial charge in [-0.1, -0.05) is 25.4 Å². The lowest BCUT2D eigenvalue weighted by molar-refractivity contribution is -0.151. The summed E-state index contributed by atoms with van der Waals surface area (Å²) in [5.41, 5.74) is 2.13. The monoisotopic (exact) mass is 491 g/mol. The predicted octanol–water partition coefficient (Wildman–Crippen LogP) is 4.01. The van der Waals surface area contributed by atoms with Gasteiger partial charge < -0.3 is 24.6 Å². The van der Waals surface area contributed by atoms with E-state index in [4.69, 9.17) is 25.8 Å². The molecule has 8 nitrogen and oxygen atoms in total. The predicted molar refractivity (Wildman–Crippen MR) is 125 cm³/mol. The van der Waals surface area contributed by atoms with Gasteiger partial charge in [0.1, 0.15) is 5.92 Å². The molecule has 2 N–H and O–H groups in total. The van der Waals surface area contributed by atoms with E-state index in [0.29, 0.717) is 29.8 Å². The number of hydrogen-bond donors (Lipinski definition) is 2. The van der Waals surface area contributed by atoms with Crippen LogP contribution in [0, 0.1) is 11.8 Å². The average molecular weight is 492 g/mol. The largest absolute Gasteiger partial charge is 0.503 e. The molecule has 1 aromatic carbocycles. The smallest absolute Gasteiger partial charge is 0.337 e. The van der Waals surface area contributed by atoms with Gasteiger partial charge in [0.15, 0.2) is 17.3 Å². The standard InChI is InChI=1S/C25H30ClNO7/c1-7-12(3)34-25(31)19-13(4)27-16-8-11(2)18(24(30)33-6)23(29)21(16)20(19)14-9-15(26)22(28)17(10-14)32-5/h9-12,18,20,27-28H,7-8H2,1-6H3/t11-,12+,18-,20+/m1/s1. The first-order valence-corrected chi connectivity index (χ1v) is 11.5. The maximum Gasteiger partial charge on any atom is 0.337 e. The van der Waals surface area contributed by atoms with Crippen LogP contribution in [0.5, 0.6) is 11.5 Å². The molecule has 0 saturated carbocycles. The van der Waals surface area contributed by atoms with Crippen LogP contribution in [0.2, 0.25) is 5.02 Å². The molecule has 1 aliphatic carbocycles. The quantitative estimate of drug-likeness (QED) is 0.453. The molecular formula is C25H30ClNO7. The minimum absolute atomic E-state index is 0.00322. The molecule has 0 aromatic heterocycles. The highest BCUT2D eigenvalue weighted by molar-refractivity contribution is 6.32. The zero-order valence-corrected chi connectivity index (χ0v) is 20.9. The van der Waals surface area contributed by atoms with E-state index in [1.807, 2.05) is 13.8 Å². The average Bonchev–Trinajstić information content (AvgIpc) is 2.79. The third-order valence-electron chi connectivity index (χ3n) is 6.45. The summed E-state index contributed by atoms with van der Waals surface area (Å²) in [4.78, 5) is 39.6. The first kappa shape index (κ1) is 25.6. The Kier molecular flexibility index (Phi) is 7.60. The molecule has 0 saturated heterocycles. The number of dihydropyridines is 1. The second-order valence-corrected chi connectivity index (χ2v) is 9.12. The van der Waals surface area contributed by atoms with Crippen molar-refractivity contribution in [2.75, 3.05) is 14.2 Å². The Bertz CT molecular complexity index is 1090. The summed E-state index contributed by atoms with van der Waals surface area (Å²) in [5, 5.41) is 13.5. The second kappa shape index (κ2) is 10.1. The summed E-state index contributed by atoms with van der Waals surface area (Å²) < 4.78 is 15.8. The SMILES string of the molecule is CC[C@H](C)OC(=O)C1=C(C)NC2=C(C(=O)[C@H](C(=O)OC)[C@H](C)C2)[C@H]1c1cc(Cl)c(O)c(OC)c1. The van der Waals surface area contributed by atoms with Crippen molar-refractivity contribution >= 4 is 29.3 Å². The number of benzene rings is 1. The van der Waals surface area contributed by atoms with Crippen LogP contribution in [0.3, 0.4) is 0 Å². The van der Waals surface area contributed by atoms with Crippen molar-refractivity contribution in [3.63, 3.8) is 0 Å². The molecule has 184 valence electrons. The first-order valence-electron chi connectivity index (χ1n) is 11.2. The fraction of sp³-hybridized carbons (Fsp3) is 0.480. The third kappa shape index (κ3) is 4.51. The molecule has 9 heteroatoms. The van der Waals surface area contributed by atoms with Gasteiger partial charge in [-0.2, -0.15) is 0 Å². The maximum absolute atomic E-state index is 13.7. The van der Waals surface area contributed by atoms with Gasteiger partial charge in [-0.05, 0) is 50.3 Å². The fourth-order valence-corrected chi connectivity index (χ4v) is 4.75. The van der Waals surface area contributed by atoms with E-state index < -0.39 is 29.6 Å². The number of halogens is 1. The van der Waals surface area contributed by atoms with Crippen molar-refractivity contribution in [1.82, 2.24) is 5.32 Å². The Morgan fingerprint density at radius 2 is 1.97 bits per heavy atom. The summed E-state index contributed by atoms with van der Waals surface area (Å²) in [6.07, 6.45) is 0.682. The highest BCUT2D eigenvalue weighted by atomic mass is 35.5. The summed E-state index contributed by atoms with van der Waals surface area (Å²) in [5.74, 6) is -3.99. The lowest BCUT2D eigenvalue weighted by Crippen LogP contribution is -2.43. The third-order valence-corrected chi connectivity index (χ3v) is 6.74. The number of methoxy groups -OCH3 is 2. The minimum Gasteiger partial charge on any atom is -0.503 e. The fourth-order valence-electron chi connectivity index (χ4n) is 4.53. The molecule has 0 radical (unpaired) electrons. The zero-order chi connectivity index (χ0) is 25.3. The van der Waals surface area contributed by atoms with E-state index in [9.17, 15) is 19.5 Å². The van der Waals surface area contributed by atoms with Crippen molar-refractivity contribution < 1.29 is 33.7 Å². The van der Waals surface area contributed by atoms with Crippen LogP contribution in [0.25, 0.3) is 0 Å². The number of nitrogens with one attached hydrogen (secondary N) is 1. The molecule has 1 aromatic rings. The van der Waals surface area contributed by atoms with Crippen LogP contribution >= 0.6 is 11.6 Å². The van der Waals surface area contributed by atoms with Gasteiger partial charge in [-0.25, -0.2) is 4.79 Å². The number of esters is 2. The van der Waals surface area contributed by atoms with E-state index in [0.717, 1.165) is 0 Å². The summed E-state index contributed by atoms with van der Waals surface area (Å²) >= 11 is 6.27. The highest BCUT2D eigenvalue weighted by Gasteiger charge is 2.47. The summed E-state index contributed by atoms with van der Waals surface area (Å²) in [6, 6.07) is 3.02. The molecule has 2 aliphatic rings. The van der Waals surface area contributed by atoms with Crippen molar-refractivity contribution in [1.29, 1.82) is 0 Å². The van der Waals surface area contributed by atoms with E-state index in [1.54, 1.807) is 13.8 Å². The Morgan fingerprint density at radius 1 is 1.29 bits per heavy atom. The van der Waals surface area contributed by atoms with Gasteiger partial charge in [0.2, 0.25) is 0 Å². The summed E-state index contributed by atoms with van der Waals surface area (Å²) in [6.45, 7) is 7.23. The van der Waals surface area contributed by atoms with Gasteiger partial charge >= 0.3 is 11.9 Å². The second-order valence-electron chi connectivity index (χ2n) is 8.71. The van der Waals surface area contributed by atoms with Crippen LogP contribution in [-0.4, -0.2) is 43.2 Å². The van der Waals surface area contributed by atoms with Crippen molar-refractivity contribution in [3.05, 3.63) is 45.3 Å². The van der Waals surface area contributed by atoms with Gasteiger partial charge in [0.05, 0.1) is 30.9 Å². The number of carbonyl (C=O) groups is 3. The van der Waals surface area contributed by atoms with Crippen LogP contribution in [0.4, 0.5) is 0 Å². The van der Waals surface area contributed by atoms with E-state index in [2.05, 4.69) is 5.32 Å². The lowest BCUT2D eigenvalue weighted by Gasteiger charge is -2.38. The first-order chi connectivity index (χ1) is 16.0. The number of hydrogen-bond acceptors (Lipinski definition) is 8.